The van der Waals surface area contributed by atoms with E-state index in [9.17, 15) is 15.2 Å². The lowest BCUT2D eigenvalue weighted by Gasteiger charge is -2.53. The molecule has 144 valence electrons. The largest absolute Gasteiger partial charge is 0.497 e. The molecule has 2 aromatic rings. The Hall–Kier alpha value is -2.84. The number of nitriles is 1. The van der Waals surface area contributed by atoms with Gasteiger partial charge in [-0.2, -0.15) is 5.26 Å². The standard InChI is InChI=1S/C23H24N2O3/c1-28-17-11-9-15(10-12-17)18-7-2-3-8-19(18)22-20(13-24)25(21(22)14-26)23(27)16-5-4-6-16/h2-3,7-12,16,20-22,26H,4-6,14H2,1H3/t20-,21-,22+/m1/s1. The molecule has 1 saturated carbocycles. The van der Waals surface area contributed by atoms with Crippen molar-refractivity contribution < 1.29 is 14.6 Å². The second-order valence-corrected chi connectivity index (χ2v) is 7.54. The van der Waals surface area contributed by atoms with Gasteiger partial charge in [0.25, 0.3) is 0 Å². The van der Waals surface area contributed by atoms with Crippen LogP contribution in [-0.2, 0) is 4.79 Å². The van der Waals surface area contributed by atoms with E-state index >= 15 is 0 Å². The Bertz CT molecular complexity index is 899. The molecule has 3 atom stereocenters. The fourth-order valence-electron chi connectivity index (χ4n) is 4.37. The molecule has 1 heterocycles. The van der Waals surface area contributed by atoms with Crippen LogP contribution in [0.2, 0.25) is 0 Å². The molecule has 1 amide bonds. The summed E-state index contributed by atoms with van der Waals surface area (Å²) in [5.74, 6) is 0.625. The highest BCUT2D eigenvalue weighted by atomic mass is 16.5. The highest BCUT2D eigenvalue weighted by molar-refractivity contribution is 5.83. The van der Waals surface area contributed by atoms with Gasteiger partial charge in [0, 0.05) is 11.8 Å². The Morgan fingerprint density at radius 3 is 2.50 bits per heavy atom. The minimum Gasteiger partial charge on any atom is -0.497 e. The predicted octanol–water partition coefficient (Wildman–Crippen LogP) is 3.34. The summed E-state index contributed by atoms with van der Waals surface area (Å²) >= 11 is 0. The number of rotatable bonds is 5. The molecule has 0 unspecified atom stereocenters. The zero-order valence-corrected chi connectivity index (χ0v) is 15.9. The van der Waals surface area contributed by atoms with Gasteiger partial charge in [-0.15, -0.1) is 0 Å². The molecular formula is C23H24N2O3. The van der Waals surface area contributed by atoms with Crippen LogP contribution >= 0.6 is 0 Å². The molecule has 1 saturated heterocycles. The first-order valence-electron chi connectivity index (χ1n) is 9.75. The van der Waals surface area contributed by atoms with Crippen molar-refractivity contribution in [2.75, 3.05) is 13.7 Å². The minimum atomic E-state index is -0.537. The van der Waals surface area contributed by atoms with Crippen LogP contribution in [0, 0.1) is 17.2 Å². The molecule has 5 nitrogen and oxygen atoms in total. The number of amides is 1. The normalized spacial score (nSPS) is 24.0. The van der Waals surface area contributed by atoms with Crippen molar-refractivity contribution >= 4 is 5.91 Å². The predicted molar refractivity (Wildman–Crippen MR) is 106 cm³/mol. The number of methoxy groups -OCH3 is 1. The summed E-state index contributed by atoms with van der Waals surface area (Å²) in [6.45, 7) is -0.141. The van der Waals surface area contributed by atoms with Crippen LogP contribution in [0.25, 0.3) is 11.1 Å². The number of nitrogens with zero attached hydrogens (tertiary/aromatic N) is 2. The molecule has 28 heavy (non-hydrogen) atoms. The quantitative estimate of drug-likeness (QED) is 0.869. The van der Waals surface area contributed by atoms with Crippen molar-refractivity contribution in [3.8, 4) is 22.9 Å². The fourth-order valence-corrected chi connectivity index (χ4v) is 4.37. The van der Waals surface area contributed by atoms with Crippen LogP contribution in [0.5, 0.6) is 5.75 Å². The number of hydrogen-bond acceptors (Lipinski definition) is 4. The van der Waals surface area contributed by atoms with Crippen molar-refractivity contribution in [2.45, 2.75) is 37.3 Å². The molecule has 2 aromatic carbocycles. The Morgan fingerprint density at radius 2 is 1.93 bits per heavy atom. The lowest BCUT2D eigenvalue weighted by molar-refractivity contribution is -0.154. The van der Waals surface area contributed by atoms with E-state index < -0.39 is 6.04 Å². The maximum atomic E-state index is 12.8. The molecule has 0 radical (unpaired) electrons. The summed E-state index contributed by atoms with van der Waals surface area (Å²) in [5, 5.41) is 19.8. The van der Waals surface area contributed by atoms with Crippen LogP contribution in [-0.4, -0.2) is 41.7 Å². The lowest BCUT2D eigenvalue weighted by Crippen LogP contribution is -2.66. The van der Waals surface area contributed by atoms with Crippen LogP contribution in [0.3, 0.4) is 0 Å². The first-order valence-corrected chi connectivity index (χ1v) is 9.75. The van der Waals surface area contributed by atoms with Crippen LogP contribution < -0.4 is 4.74 Å². The molecule has 0 aromatic heterocycles. The summed E-state index contributed by atoms with van der Waals surface area (Å²) in [7, 11) is 1.63. The average Bonchev–Trinajstić information content (AvgIpc) is 2.67. The van der Waals surface area contributed by atoms with Crippen molar-refractivity contribution in [1.82, 2.24) is 4.90 Å². The Kier molecular flexibility index (Phi) is 5.06. The molecule has 2 aliphatic rings. The van der Waals surface area contributed by atoms with Gasteiger partial charge in [0.1, 0.15) is 11.8 Å². The Balaban J connectivity index is 1.68. The van der Waals surface area contributed by atoms with Gasteiger partial charge in [-0.25, -0.2) is 0 Å². The topological polar surface area (TPSA) is 73.6 Å². The van der Waals surface area contributed by atoms with Gasteiger partial charge in [-0.3, -0.25) is 4.79 Å². The first-order chi connectivity index (χ1) is 13.7. The first kappa shape index (κ1) is 18.5. The second kappa shape index (κ2) is 7.65. The average molecular weight is 376 g/mol. The number of likely N-dealkylation sites (tertiary alicyclic amines) is 1. The zero-order chi connectivity index (χ0) is 19.7. The second-order valence-electron chi connectivity index (χ2n) is 7.54. The van der Waals surface area contributed by atoms with Gasteiger partial charge >= 0.3 is 0 Å². The molecule has 1 aliphatic heterocycles. The Labute approximate surface area is 165 Å². The molecule has 1 aliphatic carbocycles. The molecule has 5 heteroatoms. The van der Waals surface area contributed by atoms with Gasteiger partial charge in [-0.05, 0) is 41.7 Å². The lowest BCUT2D eigenvalue weighted by atomic mass is 9.71. The van der Waals surface area contributed by atoms with E-state index in [-0.39, 0.29) is 30.4 Å². The number of benzene rings is 2. The highest BCUT2D eigenvalue weighted by Crippen LogP contribution is 2.46. The van der Waals surface area contributed by atoms with E-state index in [2.05, 4.69) is 6.07 Å². The molecule has 2 fully saturated rings. The van der Waals surface area contributed by atoms with Crippen molar-refractivity contribution in [2.24, 2.45) is 5.92 Å². The maximum absolute atomic E-state index is 12.8. The number of ether oxygens (including phenoxy) is 1. The third kappa shape index (κ3) is 2.94. The van der Waals surface area contributed by atoms with Gasteiger partial charge in [0.15, 0.2) is 0 Å². The van der Waals surface area contributed by atoms with Gasteiger partial charge in [0.05, 0.1) is 25.8 Å². The number of carbonyl (C=O) groups is 1. The van der Waals surface area contributed by atoms with E-state index in [1.54, 1.807) is 12.0 Å². The molecule has 4 rings (SSSR count). The van der Waals surface area contributed by atoms with E-state index in [1.165, 1.54) is 0 Å². The number of aliphatic hydroxyl groups is 1. The van der Waals surface area contributed by atoms with Gasteiger partial charge in [0.2, 0.25) is 5.91 Å². The van der Waals surface area contributed by atoms with Crippen molar-refractivity contribution in [3.05, 3.63) is 54.1 Å². The van der Waals surface area contributed by atoms with Gasteiger partial charge in [-0.1, -0.05) is 42.8 Å². The summed E-state index contributed by atoms with van der Waals surface area (Å²) in [5.41, 5.74) is 3.04. The number of aliphatic hydroxyl groups excluding tert-OH is 1. The van der Waals surface area contributed by atoms with E-state index in [0.717, 1.165) is 41.7 Å². The van der Waals surface area contributed by atoms with E-state index in [1.807, 2.05) is 48.5 Å². The maximum Gasteiger partial charge on any atom is 0.227 e. The molecular weight excluding hydrogens is 352 g/mol. The SMILES string of the molecule is COc1ccc(-c2ccccc2[C@H]2[C@@H](C#N)N(C(=O)C3CCC3)[C@@H]2CO)cc1. The molecule has 0 spiro atoms. The summed E-state index contributed by atoms with van der Waals surface area (Å²) < 4.78 is 5.24. The smallest absolute Gasteiger partial charge is 0.227 e. The number of hydrogen-bond donors (Lipinski definition) is 1. The third-order valence-corrected chi connectivity index (χ3v) is 6.16. The summed E-state index contributed by atoms with van der Waals surface area (Å²) in [4.78, 5) is 14.4. The van der Waals surface area contributed by atoms with Crippen molar-refractivity contribution in [3.63, 3.8) is 0 Å². The minimum absolute atomic E-state index is 0.0164. The van der Waals surface area contributed by atoms with Gasteiger partial charge < -0.3 is 14.7 Å². The summed E-state index contributed by atoms with van der Waals surface area (Å²) in [6, 6.07) is 17.2. The molecule has 0 bridgehead atoms. The summed E-state index contributed by atoms with van der Waals surface area (Å²) in [6.07, 6.45) is 2.84. The van der Waals surface area contributed by atoms with Crippen molar-refractivity contribution in [1.29, 1.82) is 5.26 Å². The van der Waals surface area contributed by atoms with Crippen LogP contribution in [0.4, 0.5) is 0 Å². The Morgan fingerprint density at radius 1 is 1.21 bits per heavy atom. The highest BCUT2D eigenvalue weighted by Gasteiger charge is 2.53. The number of carbonyl (C=O) groups excluding carboxylic acids is 1. The fraction of sp³-hybridized carbons (Fsp3) is 0.391. The molecule has 1 N–H and O–H groups in total. The van der Waals surface area contributed by atoms with Crippen LogP contribution in [0.15, 0.2) is 48.5 Å². The van der Waals surface area contributed by atoms with Crippen LogP contribution in [0.1, 0.15) is 30.7 Å². The van der Waals surface area contributed by atoms with E-state index in [0.29, 0.717) is 0 Å². The monoisotopic (exact) mass is 376 g/mol. The van der Waals surface area contributed by atoms with E-state index in [4.69, 9.17) is 4.74 Å². The zero-order valence-electron chi connectivity index (χ0n) is 15.9. The third-order valence-electron chi connectivity index (χ3n) is 6.16.